The van der Waals surface area contributed by atoms with Gasteiger partial charge >= 0.3 is 0 Å². The van der Waals surface area contributed by atoms with Gasteiger partial charge in [0.15, 0.2) is 0 Å². The lowest BCUT2D eigenvalue weighted by atomic mass is 10.1. The molecule has 0 aliphatic carbocycles. The second-order valence-corrected chi connectivity index (χ2v) is 5.85. The number of nitrogens with one attached hydrogen (secondary N) is 1. The lowest BCUT2D eigenvalue weighted by Gasteiger charge is -2.14. The second-order valence-electron chi connectivity index (χ2n) is 4.26. The van der Waals surface area contributed by atoms with E-state index in [1.165, 1.54) is 16.7 Å². The van der Waals surface area contributed by atoms with Crippen LogP contribution in [0.2, 0.25) is 5.02 Å². The fourth-order valence-corrected chi connectivity index (χ4v) is 1.83. The van der Waals surface area contributed by atoms with E-state index < -0.39 is 0 Å². The average molecular weight is 301 g/mol. The predicted molar refractivity (Wildman–Crippen MR) is 81.1 cm³/mol. The standard InChI is InChI=1S/C13H17ClN2O2S/c1-8(19-4)12(17)15-9-5-6-11(14)10(7-9)13(18)16(2)3/h5-8H,1-4H3,(H,15,17). The summed E-state index contributed by atoms with van der Waals surface area (Å²) in [6.07, 6.45) is 1.87. The highest BCUT2D eigenvalue weighted by atomic mass is 35.5. The van der Waals surface area contributed by atoms with E-state index in [4.69, 9.17) is 11.6 Å². The number of hydrogen-bond acceptors (Lipinski definition) is 3. The molecule has 1 unspecified atom stereocenters. The molecule has 1 atom stereocenters. The van der Waals surface area contributed by atoms with Gasteiger partial charge in [-0.3, -0.25) is 9.59 Å². The molecule has 1 aromatic carbocycles. The molecule has 0 saturated heterocycles. The molecule has 0 bridgehead atoms. The molecule has 104 valence electrons. The van der Waals surface area contributed by atoms with E-state index in [0.29, 0.717) is 16.3 Å². The maximum atomic E-state index is 11.9. The Balaban J connectivity index is 2.97. The first-order chi connectivity index (χ1) is 8.86. The van der Waals surface area contributed by atoms with Crippen LogP contribution in [0.3, 0.4) is 0 Å². The Morgan fingerprint density at radius 1 is 1.37 bits per heavy atom. The van der Waals surface area contributed by atoms with Gasteiger partial charge in [0.05, 0.1) is 15.8 Å². The van der Waals surface area contributed by atoms with Crippen LogP contribution in [0.5, 0.6) is 0 Å². The van der Waals surface area contributed by atoms with E-state index in [1.807, 2.05) is 13.2 Å². The Labute approximate surface area is 122 Å². The Morgan fingerprint density at radius 3 is 2.53 bits per heavy atom. The molecule has 1 rings (SSSR count). The summed E-state index contributed by atoms with van der Waals surface area (Å²) in [6, 6.07) is 4.88. The second kappa shape index (κ2) is 6.82. The van der Waals surface area contributed by atoms with E-state index in [1.54, 1.807) is 32.3 Å². The monoisotopic (exact) mass is 300 g/mol. The zero-order valence-electron chi connectivity index (χ0n) is 11.4. The van der Waals surface area contributed by atoms with Crippen LogP contribution in [0.25, 0.3) is 0 Å². The third-order valence-electron chi connectivity index (χ3n) is 2.59. The van der Waals surface area contributed by atoms with E-state index in [-0.39, 0.29) is 17.1 Å². The topological polar surface area (TPSA) is 49.4 Å². The summed E-state index contributed by atoms with van der Waals surface area (Å²) in [5.74, 6) is -0.294. The highest BCUT2D eigenvalue weighted by molar-refractivity contribution is 7.99. The van der Waals surface area contributed by atoms with Gasteiger partial charge in [-0.1, -0.05) is 11.6 Å². The van der Waals surface area contributed by atoms with Gasteiger partial charge in [0, 0.05) is 19.8 Å². The molecule has 2 amide bonds. The molecule has 0 spiro atoms. The van der Waals surface area contributed by atoms with Gasteiger partial charge in [0.1, 0.15) is 0 Å². The molecular weight excluding hydrogens is 284 g/mol. The first-order valence-corrected chi connectivity index (χ1v) is 7.38. The predicted octanol–water partition coefficient (Wildman–Crippen LogP) is 2.73. The zero-order chi connectivity index (χ0) is 14.6. The van der Waals surface area contributed by atoms with Crippen LogP contribution < -0.4 is 5.32 Å². The Morgan fingerprint density at radius 2 is 2.00 bits per heavy atom. The summed E-state index contributed by atoms with van der Waals surface area (Å²) in [5.41, 5.74) is 0.946. The van der Waals surface area contributed by atoms with Crippen molar-refractivity contribution in [3.63, 3.8) is 0 Å². The van der Waals surface area contributed by atoms with Crippen LogP contribution in [-0.2, 0) is 4.79 Å². The quantitative estimate of drug-likeness (QED) is 0.930. The van der Waals surface area contributed by atoms with Gasteiger partial charge in [-0.2, -0.15) is 11.8 Å². The Bertz CT molecular complexity index is 492. The van der Waals surface area contributed by atoms with E-state index >= 15 is 0 Å². The molecular formula is C13H17ClN2O2S. The lowest BCUT2D eigenvalue weighted by Crippen LogP contribution is -2.24. The normalized spacial score (nSPS) is 11.8. The van der Waals surface area contributed by atoms with Gasteiger partial charge in [-0.25, -0.2) is 0 Å². The van der Waals surface area contributed by atoms with Crippen molar-refractivity contribution in [2.45, 2.75) is 12.2 Å². The minimum Gasteiger partial charge on any atom is -0.345 e. The lowest BCUT2D eigenvalue weighted by molar-refractivity contribution is -0.115. The van der Waals surface area contributed by atoms with Crippen LogP contribution in [0.15, 0.2) is 18.2 Å². The van der Waals surface area contributed by atoms with E-state index in [0.717, 1.165) is 0 Å². The Hall–Kier alpha value is -1.20. The summed E-state index contributed by atoms with van der Waals surface area (Å²) in [5, 5.41) is 2.99. The summed E-state index contributed by atoms with van der Waals surface area (Å²) in [6.45, 7) is 1.82. The largest absolute Gasteiger partial charge is 0.345 e. The van der Waals surface area contributed by atoms with Crippen molar-refractivity contribution in [1.29, 1.82) is 0 Å². The SMILES string of the molecule is CSC(C)C(=O)Nc1ccc(Cl)c(C(=O)N(C)C)c1. The first-order valence-electron chi connectivity index (χ1n) is 5.71. The third-order valence-corrected chi connectivity index (χ3v) is 3.84. The molecule has 0 aromatic heterocycles. The van der Waals surface area contributed by atoms with Crippen LogP contribution in [-0.4, -0.2) is 42.3 Å². The molecule has 19 heavy (non-hydrogen) atoms. The Kier molecular flexibility index (Phi) is 5.69. The van der Waals surface area contributed by atoms with Gasteiger partial charge in [-0.15, -0.1) is 0 Å². The van der Waals surface area contributed by atoms with Crippen molar-refractivity contribution in [3.05, 3.63) is 28.8 Å². The fraction of sp³-hybridized carbons (Fsp3) is 0.385. The number of carbonyl (C=O) groups is 2. The molecule has 0 heterocycles. The van der Waals surface area contributed by atoms with Crippen LogP contribution in [0.1, 0.15) is 17.3 Å². The van der Waals surface area contributed by atoms with Gasteiger partial charge in [0.2, 0.25) is 5.91 Å². The van der Waals surface area contributed by atoms with Crippen molar-refractivity contribution < 1.29 is 9.59 Å². The molecule has 4 nitrogen and oxygen atoms in total. The number of hydrogen-bond donors (Lipinski definition) is 1. The van der Waals surface area contributed by atoms with Gasteiger partial charge in [-0.05, 0) is 31.4 Å². The number of nitrogens with zero attached hydrogens (tertiary/aromatic N) is 1. The smallest absolute Gasteiger partial charge is 0.254 e. The van der Waals surface area contributed by atoms with Crippen LogP contribution in [0.4, 0.5) is 5.69 Å². The first kappa shape index (κ1) is 15.9. The molecule has 6 heteroatoms. The summed E-state index contributed by atoms with van der Waals surface area (Å²) in [4.78, 5) is 25.1. The summed E-state index contributed by atoms with van der Waals surface area (Å²) < 4.78 is 0. The molecule has 1 N–H and O–H groups in total. The van der Waals surface area contributed by atoms with Crippen molar-refractivity contribution in [3.8, 4) is 0 Å². The molecule has 1 aromatic rings. The molecule has 0 saturated carbocycles. The van der Waals surface area contributed by atoms with Crippen LogP contribution in [0, 0.1) is 0 Å². The van der Waals surface area contributed by atoms with Gasteiger partial charge < -0.3 is 10.2 Å². The van der Waals surface area contributed by atoms with Gasteiger partial charge in [0.25, 0.3) is 5.91 Å². The molecule has 0 radical (unpaired) electrons. The summed E-state index contributed by atoms with van der Waals surface area (Å²) in [7, 11) is 3.30. The highest BCUT2D eigenvalue weighted by Crippen LogP contribution is 2.22. The number of halogens is 1. The minimum atomic E-state index is -0.195. The molecule has 0 aliphatic rings. The number of rotatable bonds is 4. The number of benzene rings is 1. The van der Waals surface area contributed by atoms with Crippen LogP contribution >= 0.6 is 23.4 Å². The average Bonchev–Trinajstić information content (AvgIpc) is 2.38. The van der Waals surface area contributed by atoms with Crippen molar-refractivity contribution in [2.24, 2.45) is 0 Å². The fourth-order valence-electron chi connectivity index (χ4n) is 1.36. The van der Waals surface area contributed by atoms with E-state index in [9.17, 15) is 9.59 Å². The van der Waals surface area contributed by atoms with E-state index in [2.05, 4.69) is 5.32 Å². The number of anilines is 1. The number of amides is 2. The minimum absolute atomic E-state index is 0.0990. The van der Waals surface area contributed by atoms with Crippen molar-refractivity contribution in [1.82, 2.24) is 4.90 Å². The maximum absolute atomic E-state index is 11.9. The molecule has 0 aliphatic heterocycles. The highest BCUT2D eigenvalue weighted by Gasteiger charge is 2.15. The maximum Gasteiger partial charge on any atom is 0.254 e. The zero-order valence-corrected chi connectivity index (χ0v) is 12.9. The molecule has 0 fully saturated rings. The van der Waals surface area contributed by atoms with Crippen molar-refractivity contribution >= 4 is 40.9 Å². The number of thioether (sulfide) groups is 1. The number of carbonyl (C=O) groups excluding carboxylic acids is 2. The third kappa shape index (κ3) is 4.14. The van der Waals surface area contributed by atoms with Crippen molar-refractivity contribution in [2.75, 3.05) is 25.7 Å². The summed E-state index contributed by atoms with van der Waals surface area (Å²) >= 11 is 7.45.